The number of aryl methyl sites for hydroxylation is 1. The van der Waals surface area contributed by atoms with Gasteiger partial charge in [-0.05, 0) is 63.6 Å². The van der Waals surface area contributed by atoms with Gasteiger partial charge in [0.25, 0.3) is 0 Å². The fraction of sp³-hybridized carbons (Fsp3) is 0.208. The van der Waals surface area contributed by atoms with E-state index in [0.717, 1.165) is 28.3 Å². The lowest BCUT2D eigenvalue weighted by Gasteiger charge is -2.23. The molecule has 150 valence electrons. The van der Waals surface area contributed by atoms with Crippen molar-refractivity contribution in [1.29, 1.82) is 0 Å². The van der Waals surface area contributed by atoms with Crippen molar-refractivity contribution in [3.05, 3.63) is 88.4 Å². The van der Waals surface area contributed by atoms with Crippen LogP contribution in [0.3, 0.4) is 0 Å². The third kappa shape index (κ3) is 5.09. The van der Waals surface area contributed by atoms with Crippen LogP contribution in [0.1, 0.15) is 37.5 Å². The molecule has 0 fully saturated rings. The summed E-state index contributed by atoms with van der Waals surface area (Å²) >= 11 is 6.55. The summed E-state index contributed by atoms with van der Waals surface area (Å²) in [6, 6.07) is 21.1. The Kier molecular flexibility index (Phi) is 6.14. The van der Waals surface area contributed by atoms with Gasteiger partial charge in [-0.3, -0.25) is 0 Å². The number of ether oxygens (including phenoxy) is 1. The van der Waals surface area contributed by atoms with Crippen LogP contribution in [0.2, 0.25) is 5.02 Å². The lowest BCUT2D eigenvalue weighted by atomic mass is 9.98. The highest BCUT2D eigenvalue weighted by atomic mass is 35.5. The highest BCUT2D eigenvalue weighted by molar-refractivity contribution is 6.35. The molecule has 0 atom stereocenters. The zero-order chi connectivity index (χ0) is 21.0. The first-order chi connectivity index (χ1) is 13.8. The van der Waals surface area contributed by atoms with E-state index in [4.69, 9.17) is 16.3 Å². The molecule has 0 unspecified atom stereocenters. The maximum atomic E-state index is 9.63. The topological polar surface area (TPSA) is 53.9 Å². The molecule has 5 heteroatoms. The monoisotopic (exact) mass is 408 g/mol. The van der Waals surface area contributed by atoms with Crippen molar-refractivity contribution in [2.75, 3.05) is 5.32 Å². The molecule has 0 aliphatic heterocycles. The van der Waals surface area contributed by atoms with Gasteiger partial charge in [-0.25, -0.2) is 0 Å². The number of benzene rings is 3. The van der Waals surface area contributed by atoms with Crippen LogP contribution in [0, 0.1) is 6.92 Å². The van der Waals surface area contributed by atoms with E-state index in [1.807, 2.05) is 94.4 Å². The molecule has 0 radical (unpaired) electrons. The first kappa shape index (κ1) is 20.7. The molecule has 4 nitrogen and oxygen atoms in total. The van der Waals surface area contributed by atoms with E-state index in [1.54, 1.807) is 0 Å². The van der Waals surface area contributed by atoms with Crippen LogP contribution in [-0.4, -0.2) is 16.5 Å². The van der Waals surface area contributed by atoms with Gasteiger partial charge in [-0.2, -0.15) is 0 Å². The second-order valence-corrected chi connectivity index (χ2v) is 8.20. The van der Waals surface area contributed by atoms with Crippen molar-refractivity contribution < 1.29 is 9.94 Å². The second-order valence-electron chi connectivity index (χ2n) is 7.79. The van der Waals surface area contributed by atoms with Crippen molar-refractivity contribution in [3.63, 3.8) is 0 Å². The average molecular weight is 409 g/mol. The Hall–Kier alpha value is -2.98. The van der Waals surface area contributed by atoms with Crippen LogP contribution in [0.15, 0.2) is 71.9 Å². The highest BCUT2D eigenvalue weighted by Crippen LogP contribution is 2.32. The van der Waals surface area contributed by atoms with Crippen molar-refractivity contribution in [2.24, 2.45) is 5.16 Å². The third-order valence-electron chi connectivity index (χ3n) is 4.31. The summed E-state index contributed by atoms with van der Waals surface area (Å²) in [5.41, 5.74) is 4.30. The van der Waals surface area contributed by atoms with Gasteiger partial charge in [0, 0.05) is 16.8 Å². The van der Waals surface area contributed by atoms with Crippen LogP contribution in [-0.2, 0) is 0 Å². The number of anilines is 2. The molecule has 0 aliphatic carbocycles. The molecule has 0 aromatic heterocycles. The molecule has 0 aliphatic rings. The van der Waals surface area contributed by atoms with Gasteiger partial charge in [-0.15, -0.1) is 0 Å². The number of oxime groups is 1. The number of para-hydroxylation sites is 2. The molecule has 0 heterocycles. The summed E-state index contributed by atoms with van der Waals surface area (Å²) < 4.78 is 6.04. The van der Waals surface area contributed by atoms with Crippen molar-refractivity contribution in [1.82, 2.24) is 0 Å². The van der Waals surface area contributed by atoms with E-state index in [1.165, 1.54) is 0 Å². The van der Waals surface area contributed by atoms with E-state index in [-0.39, 0.29) is 5.60 Å². The largest absolute Gasteiger partial charge is 0.486 e. The maximum Gasteiger partial charge on any atom is 0.143 e. The van der Waals surface area contributed by atoms with Crippen LogP contribution in [0.5, 0.6) is 5.75 Å². The van der Waals surface area contributed by atoms with Crippen molar-refractivity contribution in [3.8, 4) is 5.75 Å². The Balaban J connectivity index is 1.91. The van der Waals surface area contributed by atoms with Gasteiger partial charge in [0.1, 0.15) is 17.1 Å². The molecular weight excluding hydrogens is 384 g/mol. The molecule has 29 heavy (non-hydrogen) atoms. The normalized spacial score (nSPS) is 12.0. The van der Waals surface area contributed by atoms with Gasteiger partial charge in [-0.1, -0.05) is 53.2 Å². The minimum absolute atomic E-state index is 0.306. The van der Waals surface area contributed by atoms with Gasteiger partial charge in [0.05, 0.1) is 10.7 Å². The number of nitrogens with one attached hydrogen (secondary N) is 1. The van der Waals surface area contributed by atoms with Crippen LogP contribution >= 0.6 is 11.6 Å². The van der Waals surface area contributed by atoms with Crippen molar-refractivity contribution >= 4 is 28.7 Å². The van der Waals surface area contributed by atoms with Crippen molar-refractivity contribution in [2.45, 2.75) is 33.3 Å². The quantitative estimate of drug-likeness (QED) is 0.277. The van der Waals surface area contributed by atoms with Gasteiger partial charge in [0.15, 0.2) is 0 Å². The number of hydrogen-bond donors (Lipinski definition) is 2. The lowest BCUT2D eigenvalue weighted by molar-refractivity contribution is 0.132. The second kappa shape index (κ2) is 8.58. The van der Waals surface area contributed by atoms with E-state index in [2.05, 4.69) is 10.5 Å². The molecule has 0 bridgehead atoms. The molecule has 3 aromatic rings. The molecule has 0 saturated carbocycles. The highest BCUT2D eigenvalue weighted by Gasteiger charge is 2.16. The Bertz CT molecular complexity index is 1040. The number of nitrogens with zero attached hydrogens (tertiary/aromatic N) is 1. The minimum atomic E-state index is -0.306. The molecule has 3 aromatic carbocycles. The van der Waals surface area contributed by atoms with E-state index < -0.39 is 0 Å². The number of halogens is 1. The van der Waals surface area contributed by atoms with Crippen LogP contribution in [0.25, 0.3) is 0 Å². The summed E-state index contributed by atoms with van der Waals surface area (Å²) in [6.45, 7) is 8.00. The SMILES string of the molecule is Cc1ccccc1C(=NO)c1ccc(Nc2ccccc2OC(C)(C)C)cc1Cl. The molecular formula is C24H25ClN2O2. The first-order valence-electron chi connectivity index (χ1n) is 9.41. The molecule has 3 rings (SSSR count). The molecule has 2 N–H and O–H groups in total. The summed E-state index contributed by atoms with van der Waals surface area (Å²) in [5, 5.41) is 17.0. The average Bonchev–Trinajstić information content (AvgIpc) is 2.66. The standard InChI is InChI=1S/C24H25ClN2O2/c1-16-9-5-6-10-18(16)23(27-28)19-14-13-17(15-20(19)25)26-21-11-7-8-12-22(21)29-24(2,3)4/h5-15,26,28H,1-4H3. The summed E-state index contributed by atoms with van der Waals surface area (Å²) in [4.78, 5) is 0. The fourth-order valence-electron chi connectivity index (χ4n) is 3.02. The summed E-state index contributed by atoms with van der Waals surface area (Å²) in [5.74, 6) is 0.762. The molecule has 0 spiro atoms. The van der Waals surface area contributed by atoms with Gasteiger partial charge < -0.3 is 15.3 Å². The number of hydrogen-bond acceptors (Lipinski definition) is 4. The van der Waals surface area contributed by atoms with Crippen LogP contribution in [0.4, 0.5) is 11.4 Å². The van der Waals surface area contributed by atoms with E-state index in [9.17, 15) is 5.21 Å². The Morgan fingerprint density at radius 1 is 0.966 bits per heavy atom. The zero-order valence-electron chi connectivity index (χ0n) is 17.0. The molecule has 0 saturated heterocycles. The lowest BCUT2D eigenvalue weighted by Crippen LogP contribution is -2.23. The summed E-state index contributed by atoms with van der Waals surface area (Å²) in [6.07, 6.45) is 0. The fourth-order valence-corrected chi connectivity index (χ4v) is 3.29. The zero-order valence-corrected chi connectivity index (χ0v) is 17.8. The van der Waals surface area contributed by atoms with Crippen LogP contribution < -0.4 is 10.1 Å². The maximum absolute atomic E-state index is 9.63. The van der Waals surface area contributed by atoms with Gasteiger partial charge >= 0.3 is 0 Å². The smallest absolute Gasteiger partial charge is 0.143 e. The third-order valence-corrected chi connectivity index (χ3v) is 4.62. The minimum Gasteiger partial charge on any atom is -0.486 e. The Morgan fingerprint density at radius 2 is 1.66 bits per heavy atom. The molecule has 0 amide bonds. The van der Waals surface area contributed by atoms with E-state index >= 15 is 0 Å². The van der Waals surface area contributed by atoms with Gasteiger partial charge in [0.2, 0.25) is 0 Å². The first-order valence-corrected chi connectivity index (χ1v) is 9.79. The predicted molar refractivity (Wildman–Crippen MR) is 120 cm³/mol. The summed E-state index contributed by atoms with van der Waals surface area (Å²) in [7, 11) is 0. The Labute approximate surface area is 176 Å². The predicted octanol–water partition coefficient (Wildman–Crippen LogP) is 6.80. The van der Waals surface area contributed by atoms with E-state index in [0.29, 0.717) is 16.3 Å². The number of rotatable bonds is 5. The Morgan fingerprint density at radius 3 is 2.31 bits per heavy atom.